The standard InChI is InChI=1S/C11H20N2O3/c1-11(2,3)8(10(15)16)13-9(14)7-5-4-6-12-7/h7-8,12H,4-6H2,1-3H3,(H,13,14)(H,15,16)/t7-,8+/m0/s1. The molecule has 0 radical (unpaired) electrons. The molecule has 0 aromatic heterocycles. The van der Waals surface area contributed by atoms with E-state index in [9.17, 15) is 9.59 Å². The van der Waals surface area contributed by atoms with E-state index in [4.69, 9.17) is 5.11 Å². The molecule has 0 saturated carbocycles. The Morgan fingerprint density at radius 1 is 1.44 bits per heavy atom. The maximum absolute atomic E-state index is 11.8. The molecule has 0 bridgehead atoms. The van der Waals surface area contributed by atoms with Gasteiger partial charge >= 0.3 is 5.97 Å². The van der Waals surface area contributed by atoms with Crippen molar-refractivity contribution in [3.63, 3.8) is 0 Å². The molecule has 0 aliphatic carbocycles. The molecule has 0 spiro atoms. The Balaban J connectivity index is 2.61. The fourth-order valence-electron chi connectivity index (χ4n) is 1.80. The number of hydrogen-bond acceptors (Lipinski definition) is 3. The number of rotatable bonds is 3. The summed E-state index contributed by atoms with van der Waals surface area (Å²) in [4.78, 5) is 22.8. The third-order valence-corrected chi connectivity index (χ3v) is 2.78. The minimum absolute atomic E-state index is 0.208. The minimum Gasteiger partial charge on any atom is -0.480 e. The molecule has 1 saturated heterocycles. The van der Waals surface area contributed by atoms with Gasteiger partial charge in [0.05, 0.1) is 6.04 Å². The molecular formula is C11H20N2O3. The number of amides is 1. The van der Waals surface area contributed by atoms with E-state index < -0.39 is 17.4 Å². The van der Waals surface area contributed by atoms with Crippen molar-refractivity contribution in [2.45, 2.75) is 45.7 Å². The lowest BCUT2D eigenvalue weighted by atomic mass is 9.86. The molecule has 1 amide bonds. The number of carboxylic acids is 1. The summed E-state index contributed by atoms with van der Waals surface area (Å²) in [7, 11) is 0. The van der Waals surface area contributed by atoms with Crippen LogP contribution in [-0.4, -0.2) is 35.6 Å². The molecule has 1 fully saturated rings. The molecule has 1 heterocycles. The summed E-state index contributed by atoms with van der Waals surface area (Å²) >= 11 is 0. The predicted octanol–water partition coefficient (Wildman–Crippen LogP) is 0.354. The lowest BCUT2D eigenvalue weighted by molar-refractivity contribution is -0.145. The molecular weight excluding hydrogens is 208 g/mol. The Hall–Kier alpha value is -1.10. The van der Waals surface area contributed by atoms with Gasteiger partial charge in [-0.1, -0.05) is 20.8 Å². The first-order chi connectivity index (χ1) is 7.32. The number of aliphatic carboxylic acids is 1. The van der Waals surface area contributed by atoms with Crippen molar-refractivity contribution in [1.29, 1.82) is 0 Å². The van der Waals surface area contributed by atoms with Crippen LogP contribution >= 0.6 is 0 Å². The summed E-state index contributed by atoms with van der Waals surface area (Å²) in [5, 5.41) is 14.7. The van der Waals surface area contributed by atoms with Crippen LogP contribution in [0.2, 0.25) is 0 Å². The Bertz CT molecular complexity index is 277. The summed E-state index contributed by atoms with van der Waals surface area (Å²) in [6.45, 7) is 6.22. The maximum Gasteiger partial charge on any atom is 0.326 e. The van der Waals surface area contributed by atoms with Gasteiger partial charge in [-0.15, -0.1) is 0 Å². The van der Waals surface area contributed by atoms with E-state index in [0.717, 1.165) is 19.4 Å². The highest BCUT2D eigenvalue weighted by Crippen LogP contribution is 2.20. The molecule has 5 heteroatoms. The Kier molecular flexibility index (Phi) is 3.91. The Morgan fingerprint density at radius 2 is 2.06 bits per heavy atom. The van der Waals surface area contributed by atoms with Gasteiger partial charge in [-0.05, 0) is 24.8 Å². The summed E-state index contributed by atoms with van der Waals surface area (Å²) in [6, 6.07) is -1.08. The normalized spacial score (nSPS) is 22.8. The fraction of sp³-hybridized carbons (Fsp3) is 0.818. The maximum atomic E-state index is 11.8. The van der Waals surface area contributed by atoms with Crippen molar-refractivity contribution in [2.75, 3.05) is 6.54 Å². The summed E-state index contributed by atoms with van der Waals surface area (Å²) in [5.74, 6) is -1.20. The third-order valence-electron chi connectivity index (χ3n) is 2.78. The SMILES string of the molecule is CC(C)(C)[C@H](NC(=O)[C@@H]1CCCN1)C(=O)O. The van der Waals surface area contributed by atoms with E-state index in [1.54, 1.807) is 20.8 Å². The van der Waals surface area contributed by atoms with Gasteiger partial charge in [0.15, 0.2) is 0 Å². The summed E-state index contributed by atoms with van der Waals surface area (Å²) < 4.78 is 0. The van der Waals surface area contributed by atoms with Crippen LogP contribution in [0.25, 0.3) is 0 Å². The van der Waals surface area contributed by atoms with Gasteiger partial charge in [-0.25, -0.2) is 4.79 Å². The van der Waals surface area contributed by atoms with Crippen molar-refractivity contribution in [3.05, 3.63) is 0 Å². The molecule has 1 rings (SSSR count). The predicted molar refractivity (Wildman–Crippen MR) is 60.0 cm³/mol. The highest BCUT2D eigenvalue weighted by molar-refractivity contribution is 5.87. The van der Waals surface area contributed by atoms with Gasteiger partial charge in [0.1, 0.15) is 6.04 Å². The van der Waals surface area contributed by atoms with Gasteiger partial charge in [-0.3, -0.25) is 4.79 Å². The Morgan fingerprint density at radius 3 is 2.44 bits per heavy atom. The van der Waals surface area contributed by atoms with Crippen LogP contribution in [0, 0.1) is 5.41 Å². The molecule has 5 nitrogen and oxygen atoms in total. The van der Waals surface area contributed by atoms with Crippen LogP contribution in [-0.2, 0) is 9.59 Å². The molecule has 1 aliphatic rings. The van der Waals surface area contributed by atoms with Gasteiger partial charge < -0.3 is 15.7 Å². The zero-order valence-corrected chi connectivity index (χ0v) is 10.0. The first-order valence-corrected chi connectivity index (χ1v) is 5.59. The number of carboxylic acid groups (broad SMARTS) is 1. The zero-order chi connectivity index (χ0) is 12.3. The van der Waals surface area contributed by atoms with Gasteiger partial charge in [0, 0.05) is 0 Å². The van der Waals surface area contributed by atoms with Crippen LogP contribution in [0.5, 0.6) is 0 Å². The average molecular weight is 228 g/mol. The second kappa shape index (κ2) is 4.82. The highest BCUT2D eigenvalue weighted by Gasteiger charge is 2.34. The van der Waals surface area contributed by atoms with Crippen LogP contribution in [0.3, 0.4) is 0 Å². The second-order valence-corrected chi connectivity index (χ2v) is 5.29. The summed E-state index contributed by atoms with van der Waals surface area (Å²) in [5.41, 5.74) is -0.486. The van der Waals surface area contributed by atoms with Crippen molar-refractivity contribution < 1.29 is 14.7 Å². The second-order valence-electron chi connectivity index (χ2n) is 5.29. The number of nitrogens with one attached hydrogen (secondary N) is 2. The monoisotopic (exact) mass is 228 g/mol. The van der Waals surface area contributed by atoms with Crippen molar-refractivity contribution in [3.8, 4) is 0 Å². The summed E-state index contributed by atoms with van der Waals surface area (Å²) in [6.07, 6.45) is 1.74. The molecule has 3 N–H and O–H groups in total. The van der Waals surface area contributed by atoms with Crippen molar-refractivity contribution >= 4 is 11.9 Å². The third kappa shape index (κ3) is 3.20. The number of carbonyl (C=O) groups excluding carboxylic acids is 1. The molecule has 1 aliphatic heterocycles. The van der Waals surface area contributed by atoms with E-state index in [0.29, 0.717) is 0 Å². The molecule has 0 aromatic rings. The molecule has 0 aromatic carbocycles. The van der Waals surface area contributed by atoms with E-state index in [1.165, 1.54) is 0 Å². The Labute approximate surface area is 95.6 Å². The molecule has 2 atom stereocenters. The van der Waals surface area contributed by atoms with E-state index in [1.807, 2.05) is 0 Å². The lowest BCUT2D eigenvalue weighted by Crippen LogP contribution is -2.53. The van der Waals surface area contributed by atoms with E-state index in [-0.39, 0.29) is 11.9 Å². The highest BCUT2D eigenvalue weighted by atomic mass is 16.4. The van der Waals surface area contributed by atoms with Gasteiger partial charge in [0.25, 0.3) is 0 Å². The number of carbonyl (C=O) groups is 2. The molecule has 92 valence electrons. The van der Waals surface area contributed by atoms with Crippen LogP contribution in [0.1, 0.15) is 33.6 Å². The van der Waals surface area contributed by atoms with E-state index in [2.05, 4.69) is 10.6 Å². The fourth-order valence-corrected chi connectivity index (χ4v) is 1.80. The van der Waals surface area contributed by atoms with Gasteiger partial charge in [-0.2, -0.15) is 0 Å². The lowest BCUT2D eigenvalue weighted by Gasteiger charge is -2.28. The first kappa shape index (κ1) is 13.0. The zero-order valence-electron chi connectivity index (χ0n) is 10.0. The minimum atomic E-state index is -0.987. The van der Waals surface area contributed by atoms with E-state index >= 15 is 0 Å². The van der Waals surface area contributed by atoms with Crippen molar-refractivity contribution in [2.24, 2.45) is 5.41 Å². The van der Waals surface area contributed by atoms with Crippen LogP contribution in [0.4, 0.5) is 0 Å². The molecule has 0 unspecified atom stereocenters. The van der Waals surface area contributed by atoms with Crippen LogP contribution < -0.4 is 10.6 Å². The average Bonchev–Trinajstić information content (AvgIpc) is 2.63. The van der Waals surface area contributed by atoms with Crippen molar-refractivity contribution in [1.82, 2.24) is 10.6 Å². The topological polar surface area (TPSA) is 78.4 Å². The van der Waals surface area contributed by atoms with Crippen LogP contribution in [0.15, 0.2) is 0 Å². The molecule has 16 heavy (non-hydrogen) atoms. The largest absolute Gasteiger partial charge is 0.480 e. The quantitative estimate of drug-likeness (QED) is 0.651. The number of hydrogen-bond donors (Lipinski definition) is 3. The van der Waals surface area contributed by atoms with Gasteiger partial charge in [0.2, 0.25) is 5.91 Å². The smallest absolute Gasteiger partial charge is 0.326 e. The first-order valence-electron chi connectivity index (χ1n) is 5.59.